The molecular weight excluding hydrogens is 204 g/mol. The normalized spacial score (nSPS) is 10.3. The number of nitrogens with zero attached hydrogens (tertiary/aromatic N) is 1. The highest BCUT2D eigenvalue weighted by molar-refractivity contribution is 5.70. The van der Waals surface area contributed by atoms with E-state index in [4.69, 9.17) is 4.42 Å². The zero-order valence-electron chi connectivity index (χ0n) is 7.41. The number of aldehydes is 1. The molecule has 5 heteroatoms. The molecule has 0 radical (unpaired) electrons. The number of carbonyl (C=O) groups is 1. The fourth-order valence-electron chi connectivity index (χ4n) is 1.13. The summed E-state index contributed by atoms with van der Waals surface area (Å²) in [6.45, 7) is 0. The first-order valence-corrected chi connectivity index (χ1v) is 4.07. The van der Waals surface area contributed by atoms with Crippen LogP contribution in [0.3, 0.4) is 0 Å². The summed E-state index contributed by atoms with van der Waals surface area (Å²) in [4.78, 5) is 14.0. The van der Waals surface area contributed by atoms with Crippen LogP contribution < -0.4 is 0 Å². The minimum atomic E-state index is -0.969. The van der Waals surface area contributed by atoms with Crippen molar-refractivity contribution in [1.29, 1.82) is 0 Å². The maximum absolute atomic E-state index is 12.9. The number of carbonyl (C=O) groups excluding carboxylic acids is 1. The van der Waals surface area contributed by atoms with Crippen molar-refractivity contribution in [2.75, 3.05) is 0 Å². The summed E-state index contributed by atoms with van der Waals surface area (Å²) >= 11 is 0. The highest BCUT2D eigenvalue weighted by Crippen LogP contribution is 2.20. The van der Waals surface area contributed by atoms with Gasteiger partial charge in [-0.3, -0.25) is 4.79 Å². The van der Waals surface area contributed by atoms with E-state index in [2.05, 4.69) is 4.98 Å². The monoisotopic (exact) mass is 209 g/mol. The summed E-state index contributed by atoms with van der Waals surface area (Å²) in [7, 11) is 0. The van der Waals surface area contributed by atoms with Crippen LogP contribution in [-0.4, -0.2) is 11.3 Å². The van der Waals surface area contributed by atoms with E-state index in [0.717, 1.165) is 12.1 Å². The summed E-state index contributed by atoms with van der Waals surface area (Å²) in [5, 5.41) is 0. The van der Waals surface area contributed by atoms with Gasteiger partial charge in [-0.15, -0.1) is 0 Å². The maximum Gasteiger partial charge on any atom is 0.260 e. The average molecular weight is 209 g/mol. The van der Waals surface area contributed by atoms with Gasteiger partial charge in [-0.2, -0.15) is 0 Å². The van der Waals surface area contributed by atoms with Gasteiger partial charge in [0.25, 0.3) is 5.89 Å². The van der Waals surface area contributed by atoms with Gasteiger partial charge in [-0.05, 0) is 18.2 Å². The Hall–Kier alpha value is -2.04. The highest BCUT2D eigenvalue weighted by Gasteiger charge is 2.08. The zero-order valence-corrected chi connectivity index (χ0v) is 7.41. The smallest absolute Gasteiger partial charge is 0.260 e. The second-order valence-corrected chi connectivity index (χ2v) is 2.82. The number of aromatic nitrogens is 1. The summed E-state index contributed by atoms with van der Waals surface area (Å²) < 4.78 is 30.2. The molecule has 76 valence electrons. The van der Waals surface area contributed by atoms with Gasteiger partial charge in [0.15, 0.2) is 11.6 Å². The van der Waals surface area contributed by atoms with Gasteiger partial charge in [0, 0.05) is 5.56 Å². The number of halogens is 2. The molecule has 0 fully saturated rings. The van der Waals surface area contributed by atoms with E-state index in [1.54, 1.807) is 0 Å². The predicted octanol–water partition coefficient (Wildman–Crippen LogP) is 2.43. The van der Waals surface area contributed by atoms with Crippen LogP contribution in [0.25, 0.3) is 11.3 Å². The molecule has 0 atom stereocenters. The molecule has 1 aromatic carbocycles. The molecule has 0 saturated heterocycles. The van der Waals surface area contributed by atoms with Crippen molar-refractivity contribution in [2.24, 2.45) is 0 Å². The first-order chi connectivity index (χ1) is 7.20. The van der Waals surface area contributed by atoms with Gasteiger partial charge in [0.2, 0.25) is 6.29 Å². The van der Waals surface area contributed by atoms with E-state index in [-0.39, 0.29) is 11.6 Å². The average Bonchev–Trinajstić information content (AvgIpc) is 2.70. The Morgan fingerprint density at radius 1 is 1.27 bits per heavy atom. The minimum absolute atomic E-state index is 0.102. The van der Waals surface area contributed by atoms with E-state index < -0.39 is 11.6 Å². The van der Waals surface area contributed by atoms with Crippen molar-refractivity contribution in [1.82, 2.24) is 4.98 Å². The molecule has 15 heavy (non-hydrogen) atoms. The molecule has 0 saturated carbocycles. The molecule has 0 aliphatic rings. The van der Waals surface area contributed by atoms with Crippen molar-refractivity contribution >= 4 is 6.29 Å². The zero-order chi connectivity index (χ0) is 10.8. The van der Waals surface area contributed by atoms with Gasteiger partial charge in [0.05, 0.1) is 0 Å². The molecule has 0 bridgehead atoms. The summed E-state index contributed by atoms with van der Waals surface area (Å²) in [6, 6.07) is 3.33. The summed E-state index contributed by atoms with van der Waals surface area (Å²) in [6.07, 6.45) is 1.64. The fraction of sp³-hybridized carbons (Fsp3) is 0. The molecular formula is C10H5F2NO2. The molecule has 0 aliphatic carbocycles. The number of hydrogen-bond acceptors (Lipinski definition) is 3. The Kier molecular flexibility index (Phi) is 2.29. The molecule has 3 nitrogen and oxygen atoms in total. The Labute approximate surface area is 83.4 Å². The van der Waals surface area contributed by atoms with Crippen LogP contribution in [0, 0.1) is 11.6 Å². The number of benzene rings is 1. The second-order valence-electron chi connectivity index (χ2n) is 2.82. The Morgan fingerprint density at radius 2 is 2.07 bits per heavy atom. The lowest BCUT2D eigenvalue weighted by atomic mass is 10.1. The van der Waals surface area contributed by atoms with Crippen LogP contribution in [0.5, 0.6) is 0 Å². The molecule has 0 amide bonds. The standard InChI is InChI=1S/C10H5F2NO2/c11-7-2-1-6(3-8(7)12)9-5-15-10(4-14)13-9/h1-5H. The highest BCUT2D eigenvalue weighted by atomic mass is 19.2. The van der Waals surface area contributed by atoms with Crippen molar-refractivity contribution in [3.05, 3.63) is 42.0 Å². The first-order valence-electron chi connectivity index (χ1n) is 4.07. The third kappa shape index (κ3) is 1.76. The van der Waals surface area contributed by atoms with Gasteiger partial charge >= 0.3 is 0 Å². The van der Waals surface area contributed by atoms with Crippen LogP contribution >= 0.6 is 0 Å². The molecule has 1 aromatic heterocycles. The van der Waals surface area contributed by atoms with Gasteiger partial charge in [0.1, 0.15) is 12.0 Å². The molecule has 0 aliphatic heterocycles. The van der Waals surface area contributed by atoms with Crippen molar-refractivity contribution in [2.45, 2.75) is 0 Å². The van der Waals surface area contributed by atoms with Crippen LogP contribution in [0.2, 0.25) is 0 Å². The summed E-state index contributed by atoms with van der Waals surface area (Å²) in [5.74, 6) is -2.00. The van der Waals surface area contributed by atoms with Gasteiger partial charge in [-0.1, -0.05) is 0 Å². The third-order valence-corrected chi connectivity index (χ3v) is 1.84. The van der Waals surface area contributed by atoms with Crippen LogP contribution in [0.4, 0.5) is 8.78 Å². The second kappa shape index (κ2) is 3.61. The lowest BCUT2D eigenvalue weighted by molar-refractivity contribution is 0.109. The summed E-state index contributed by atoms with van der Waals surface area (Å²) in [5.41, 5.74) is 0.641. The third-order valence-electron chi connectivity index (χ3n) is 1.84. The van der Waals surface area contributed by atoms with E-state index in [9.17, 15) is 13.6 Å². The van der Waals surface area contributed by atoms with Gasteiger partial charge < -0.3 is 4.42 Å². The van der Waals surface area contributed by atoms with E-state index in [1.165, 1.54) is 12.3 Å². The molecule has 2 aromatic rings. The van der Waals surface area contributed by atoms with Crippen molar-refractivity contribution < 1.29 is 18.0 Å². The van der Waals surface area contributed by atoms with Crippen molar-refractivity contribution in [3.63, 3.8) is 0 Å². The number of oxazole rings is 1. The Balaban J connectivity index is 2.44. The molecule has 1 heterocycles. The lowest BCUT2D eigenvalue weighted by Crippen LogP contribution is -1.86. The fourth-order valence-corrected chi connectivity index (χ4v) is 1.13. The molecule has 2 rings (SSSR count). The van der Waals surface area contributed by atoms with E-state index in [1.807, 2.05) is 0 Å². The molecule has 0 spiro atoms. The quantitative estimate of drug-likeness (QED) is 0.713. The Bertz CT molecular complexity index is 508. The molecule has 0 N–H and O–H groups in total. The number of hydrogen-bond donors (Lipinski definition) is 0. The minimum Gasteiger partial charge on any atom is -0.442 e. The van der Waals surface area contributed by atoms with Crippen molar-refractivity contribution in [3.8, 4) is 11.3 Å². The SMILES string of the molecule is O=Cc1nc(-c2ccc(F)c(F)c2)co1. The maximum atomic E-state index is 12.9. The van der Waals surface area contributed by atoms with Crippen LogP contribution in [0.1, 0.15) is 10.7 Å². The van der Waals surface area contributed by atoms with E-state index >= 15 is 0 Å². The predicted molar refractivity (Wildman–Crippen MR) is 47.2 cm³/mol. The first kappa shape index (κ1) is 9.51. The van der Waals surface area contributed by atoms with Crippen LogP contribution in [-0.2, 0) is 0 Å². The van der Waals surface area contributed by atoms with Crippen LogP contribution in [0.15, 0.2) is 28.9 Å². The topological polar surface area (TPSA) is 43.1 Å². The largest absolute Gasteiger partial charge is 0.442 e. The van der Waals surface area contributed by atoms with Gasteiger partial charge in [-0.25, -0.2) is 13.8 Å². The lowest BCUT2D eigenvalue weighted by Gasteiger charge is -1.96. The molecule has 0 unspecified atom stereocenters. The Morgan fingerprint density at radius 3 is 2.67 bits per heavy atom. The number of rotatable bonds is 2. The van der Waals surface area contributed by atoms with E-state index in [0.29, 0.717) is 11.8 Å².